The molecular formula is C15H19N3OS. The Labute approximate surface area is 123 Å². The van der Waals surface area contributed by atoms with Gasteiger partial charge in [0, 0.05) is 12.4 Å². The third-order valence-corrected chi connectivity index (χ3v) is 4.28. The number of carbonyl (C=O) groups is 1. The van der Waals surface area contributed by atoms with Crippen LogP contribution < -0.4 is 5.32 Å². The maximum Gasteiger partial charge on any atom is 0.263 e. The highest BCUT2D eigenvalue weighted by atomic mass is 32.1. The predicted octanol–water partition coefficient (Wildman–Crippen LogP) is 3.29. The number of aromatic nitrogens is 2. The van der Waals surface area contributed by atoms with Gasteiger partial charge in [-0.05, 0) is 44.4 Å². The van der Waals surface area contributed by atoms with Gasteiger partial charge in [0.2, 0.25) is 0 Å². The van der Waals surface area contributed by atoms with Gasteiger partial charge in [-0.3, -0.25) is 9.78 Å². The van der Waals surface area contributed by atoms with E-state index < -0.39 is 0 Å². The van der Waals surface area contributed by atoms with Crippen molar-refractivity contribution in [1.29, 1.82) is 0 Å². The third kappa shape index (κ3) is 3.42. The summed E-state index contributed by atoms with van der Waals surface area (Å²) in [6.07, 6.45) is 5.44. The van der Waals surface area contributed by atoms with Crippen molar-refractivity contribution in [3.05, 3.63) is 45.7 Å². The van der Waals surface area contributed by atoms with Crippen molar-refractivity contribution < 1.29 is 4.79 Å². The number of hydrogen-bond donors (Lipinski definition) is 1. The second-order valence-electron chi connectivity index (χ2n) is 4.75. The molecule has 0 aliphatic carbocycles. The first-order valence-electron chi connectivity index (χ1n) is 6.79. The molecule has 1 unspecified atom stereocenters. The Morgan fingerprint density at radius 1 is 1.40 bits per heavy atom. The van der Waals surface area contributed by atoms with Gasteiger partial charge in [0.1, 0.15) is 4.88 Å². The Bertz CT molecular complexity index is 580. The van der Waals surface area contributed by atoms with Gasteiger partial charge in [-0.1, -0.05) is 6.92 Å². The molecule has 2 rings (SSSR count). The Balaban J connectivity index is 2.08. The van der Waals surface area contributed by atoms with Crippen LogP contribution in [0, 0.1) is 6.92 Å². The van der Waals surface area contributed by atoms with E-state index >= 15 is 0 Å². The van der Waals surface area contributed by atoms with Gasteiger partial charge in [0.15, 0.2) is 0 Å². The fourth-order valence-electron chi connectivity index (χ4n) is 1.98. The van der Waals surface area contributed by atoms with Gasteiger partial charge in [-0.2, -0.15) is 0 Å². The van der Waals surface area contributed by atoms with Crippen LogP contribution in [0.2, 0.25) is 0 Å². The first-order valence-corrected chi connectivity index (χ1v) is 7.60. The summed E-state index contributed by atoms with van der Waals surface area (Å²) in [5.74, 6) is -0.0494. The topological polar surface area (TPSA) is 54.9 Å². The van der Waals surface area contributed by atoms with E-state index in [9.17, 15) is 4.79 Å². The van der Waals surface area contributed by atoms with E-state index in [0.717, 1.165) is 29.1 Å². The van der Waals surface area contributed by atoms with Gasteiger partial charge in [0.25, 0.3) is 5.91 Å². The van der Waals surface area contributed by atoms with Crippen molar-refractivity contribution in [2.45, 2.75) is 39.7 Å². The molecule has 4 nitrogen and oxygen atoms in total. The number of amides is 1. The zero-order chi connectivity index (χ0) is 14.5. The highest BCUT2D eigenvalue weighted by Crippen LogP contribution is 2.20. The average molecular weight is 289 g/mol. The summed E-state index contributed by atoms with van der Waals surface area (Å²) >= 11 is 1.49. The normalized spacial score (nSPS) is 12.2. The fourth-order valence-corrected chi connectivity index (χ4v) is 3.05. The van der Waals surface area contributed by atoms with Gasteiger partial charge in [-0.25, -0.2) is 4.98 Å². The van der Waals surface area contributed by atoms with E-state index in [0.29, 0.717) is 4.88 Å². The molecule has 0 bridgehead atoms. The maximum atomic E-state index is 12.3. The quantitative estimate of drug-likeness (QED) is 0.919. The number of aryl methyl sites for hydroxylation is 2. The van der Waals surface area contributed by atoms with E-state index in [2.05, 4.69) is 22.2 Å². The Morgan fingerprint density at radius 2 is 2.10 bits per heavy atom. The second-order valence-corrected chi connectivity index (χ2v) is 5.83. The molecule has 0 spiro atoms. The highest BCUT2D eigenvalue weighted by Gasteiger charge is 2.17. The minimum Gasteiger partial charge on any atom is -0.345 e. The monoisotopic (exact) mass is 289 g/mol. The summed E-state index contributed by atoms with van der Waals surface area (Å²) in [4.78, 5) is 21.5. The number of carbonyl (C=O) groups excluding carboxylic acids is 1. The number of nitrogens with one attached hydrogen (secondary N) is 1. The number of pyridine rings is 1. The average Bonchev–Trinajstić information content (AvgIpc) is 2.81. The zero-order valence-corrected chi connectivity index (χ0v) is 12.8. The summed E-state index contributed by atoms with van der Waals surface area (Å²) < 4.78 is 0. The zero-order valence-electron chi connectivity index (χ0n) is 12.0. The van der Waals surface area contributed by atoms with E-state index in [-0.39, 0.29) is 11.9 Å². The molecule has 2 heterocycles. The van der Waals surface area contributed by atoms with Crippen LogP contribution in [0.3, 0.4) is 0 Å². The second kappa shape index (κ2) is 6.61. The minimum absolute atomic E-state index is 0.0402. The van der Waals surface area contributed by atoms with E-state index in [1.807, 2.05) is 26.0 Å². The summed E-state index contributed by atoms with van der Waals surface area (Å²) in [6, 6.07) is 3.78. The molecule has 20 heavy (non-hydrogen) atoms. The lowest BCUT2D eigenvalue weighted by atomic mass is 10.1. The lowest BCUT2D eigenvalue weighted by molar-refractivity contribution is 0.0943. The van der Waals surface area contributed by atoms with Crippen molar-refractivity contribution in [3.63, 3.8) is 0 Å². The summed E-state index contributed by atoms with van der Waals surface area (Å²) in [7, 11) is 0. The summed E-state index contributed by atoms with van der Waals surface area (Å²) in [6.45, 7) is 5.97. The Kier molecular flexibility index (Phi) is 4.84. The minimum atomic E-state index is -0.0494. The van der Waals surface area contributed by atoms with Crippen LogP contribution in [0.15, 0.2) is 24.5 Å². The molecule has 106 valence electrons. The SMILES string of the molecule is CCCc1nc(C)c(C(=O)NC(C)c2ccncc2)s1. The van der Waals surface area contributed by atoms with Gasteiger partial charge in [0.05, 0.1) is 16.7 Å². The molecule has 5 heteroatoms. The molecule has 1 amide bonds. The number of rotatable bonds is 5. The van der Waals surface area contributed by atoms with Gasteiger partial charge < -0.3 is 5.32 Å². The lowest BCUT2D eigenvalue weighted by Gasteiger charge is -2.13. The molecule has 0 aliphatic heterocycles. The molecule has 0 aromatic carbocycles. The third-order valence-electron chi connectivity index (χ3n) is 3.06. The largest absolute Gasteiger partial charge is 0.345 e. The molecule has 0 radical (unpaired) electrons. The summed E-state index contributed by atoms with van der Waals surface area (Å²) in [5.41, 5.74) is 1.86. The van der Waals surface area contributed by atoms with E-state index in [1.165, 1.54) is 11.3 Å². The highest BCUT2D eigenvalue weighted by molar-refractivity contribution is 7.13. The van der Waals surface area contributed by atoms with Gasteiger partial charge in [-0.15, -0.1) is 11.3 Å². The van der Waals surface area contributed by atoms with Crippen molar-refractivity contribution >= 4 is 17.2 Å². The van der Waals surface area contributed by atoms with Gasteiger partial charge >= 0.3 is 0 Å². The molecule has 0 fully saturated rings. The van der Waals surface area contributed by atoms with Crippen LogP contribution >= 0.6 is 11.3 Å². The van der Waals surface area contributed by atoms with Crippen LogP contribution in [0.4, 0.5) is 0 Å². The Morgan fingerprint density at radius 3 is 2.75 bits per heavy atom. The fraction of sp³-hybridized carbons (Fsp3) is 0.400. The van der Waals surface area contributed by atoms with Crippen molar-refractivity contribution in [2.24, 2.45) is 0 Å². The summed E-state index contributed by atoms with van der Waals surface area (Å²) in [5, 5.41) is 4.05. The first-order chi connectivity index (χ1) is 9.61. The predicted molar refractivity (Wildman–Crippen MR) is 81.0 cm³/mol. The molecule has 0 saturated heterocycles. The molecule has 1 N–H and O–H groups in total. The van der Waals surface area contributed by atoms with E-state index in [4.69, 9.17) is 0 Å². The molecule has 0 aliphatic rings. The Hall–Kier alpha value is -1.75. The van der Waals surface area contributed by atoms with Crippen LogP contribution in [0.25, 0.3) is 0 Å². The molecule has 0 saturated carbocycles. The van der Waals surface area contributed by atoms with Crippen molar-refractivity contribution in [1.82, 2.24) is 15.3 Å². The molecular weight excluding hydrogens is 270 g/mol. The molecule has 2 aromatic rings. The number of thiazole rings is 1. The van der Waals surface area contributed by atoms with Crippen molar-refractivity contribution in [3.8, 4) is 0 Å². The first kappa shape index (κ1) is 14.7. The van der Waals surface area contributed by atoms with Crippen LogP contribution in [0.5, 0.6) is 0 Å². The molecule has 1 atom stereocenters. The number of hydrogen-bond acceptors (Lipinski definition) is 4. The molecule has 2 aromatic heterocycles. The lowest BCUT2D eigenvalue weighted by Crippen LogP contribution is -2.26. The smallest absolute Gasteiger partial charge is 0.263 e. The van der Waals surface area contributed by atoms with Crippen LogP contribution in [0.1, 0.15) is 52.2 Å². The maximum absolute atomic E-state index is 12.3. The van der Waals surface area contributed by atoms with Crippen LogP contribution in [-0.4, -0.2) is 15.9 Å². The standard InChI is InChI=1S/C15H19N3OS/c1-4-5-13-17-11(3)14(20-13)15(19)18-10(2)12-6-8-16-9-7-12/h6-10H,4-5H2,1-3H3,(H,18,19). The van der Waals surface area contributed by atoms with Crippen molar-refractivity contribution in [2.75, 3.05) is 0 Å². The van der Waals surface area contributed by atoms with Crippen LogP contribution in [-0.2, 0) is 6.42 Å². The van der Waals surface area contributed by atoms with E-state index in [1.54, 1.807) is 12.4 Å². The number of nitrogens with zero attached hydrogens (tertiary/aromatic N) is 2.